The summed E-state index contributed by atoms with van der Waals surface area (Å²) in [5.74, 6) is -0.491. The first-order valence-electron chi connectivity index (χ1n) is 1.91. The van der Waals surface area contributed by atoms with Gasteiger partial charge in [0.25, 0.3) is 5.91 Å². The van der Waals surface area contributed by atoms with E-state index in [1.165, 1.54) is 6.92 Å². The van der Waals surface area contributed by atoms with Crippen molar-refractivity contribution in [1.82, 2.24) is 5.32 Å². The van der Waals surface area contributed by atoms with Gasteiger partial charge in [0.2, 0.25) is 0 Å². The summed E-state index contributed by atoms with van der Waals surface area (Å²) in [5.41, 5.74) is 0.306. The second-order valence-electron chi connectivity index (χ2n) is 1.41. The van der Waals surface area contributed by atoms with Crippen LogP contribution in [0.2, 0.25) is 0 Å². The van der Waals surface area contributed by atoms with Crippen LogP contribution < -0.4 is 10.4 Å². The minimum atomic E-state index is -0.245. The Bertz CT molecular complexity index is 148. The second-order valence-corrected chi connectivity index (χ2v) is 1.41. The van der Waals surface area contributed by atoms with Gasteiger partial charge in [-0.15, -0.1) is 0 Å². The molecule has 0 saturated heterocycles. The summed E-state index contributed by atoms with van der Waals surface area (Å²) in [6.45, 7) is 1.50. The maximum Gasteiger partial charge on any atom is 0.251 e. The Morgan fingerprint density at radius 2 is 2.29 bits per heavy atom. The smallest absolute Gasteiger partial charge is 0.251 e. The molecule has 0 fully saturated rings. The van der Waals surface area contributed by atoms with E-state index in [2.05, 4.69) is 0 Å². The topological polar surface area (TPSA) is 52.2 Å². The molecule has 0 spiro atoms. The summed E-state index contributed by atoms with van der Waals surface area (Å²) in [6.07, 6.45) is 0. The maximum atomic E-state index is 10.1. The van der Waals surface area contributed by atoms with Crippen molar-refractivity contribution in [2.75, 3.05) is 0 Å². The van der Waals surface area contributed by atoms with Gasteiger partial charge in [0.05, 0.1) is 0 Å². The molecule has 0 unspecified atom stereocenters. The number of amides is 1. The quantitative estimate of drug-likeness (QED) is 0.409. The molecule has 0 radical (unpaired) electrons. The van der Waals surface area contributed by atoms with Gasteiger partial charge in [0.15, 0.2) is 0 Å². The Labute approximate surface area is 40.6 Å². The first-order chi connectivity index (χ1) is 3.22. The van der Waals surface area contributed by atoms with E-state index in [9.17, 15) is 9.90 Å². The first kappa shape index (κ1) is 4.18. The minimum Gasteiger partial charge on any atom is -0.860 e. The van der Waals surface area contributed by atoms with Crippen LogP contribution in [0.3, 0.4) is 0 Å². The molecular weight excluding hydrogens is 94.0 g/mol. The molecule has 38 valence electrons. The van der Waals surface area contributed by atoms with Gasteiger partial charge >= 0.3 is 0 Å². The van der Waals surface area contributed by atoms with Crippen molar-refractivity contribution in [3.63, 3.8) is 0 Å². The van der Waals surface area contributed by atoms with Crippen LogP contribution in [-0.2, 0) is 4.79 Å². The summed E-state index contributed by atoms with van der Waals surface area (Å²) >= 11 is 0. The van der Waals surface area contributed by atoms with Crippen LogP contribution in [0.1, 0.15) is 6.92 Å². The molecule has 0 aromatic rings. The normalized spacial score (nSPS) is 18.7. The zero-order valence-electron chi connectivity index (χ0n) is 3.82. The fourth-order valence-corrected chi connectivity index (χ4v) is 0.331. The second kappa shape index (κ2) is 0.992. The molecule has 1 heterocycles. The summed E-state index contributed by atoms with van der Waals surface area (Å²) in [6, 6.07) is 0. The summed E-state index contributed by atoms with van der Waals surface area (Å²) in [7, 11) is 0. The highest BCUT2D eigenvalue weighted by molar-refractivity contribution is 6.00. The number of carbonyl (C=O) groups is 1. The third-order valence-corrected chi connectivity index (χ3v) is 0.908. The summed E-state index contributed by atoms with van der Waals surface area (Å²) in [5, 5.41) is 12.1. The van der Waals surface area contributed by atoms with E-state index < -0.39 is 0 Å². The molecule has 3 heteroatoms. The maximum absolute atomic E-state index is 10.1. The molecule has 1 aliphatic rings. The third-order valence-electron chi connectivity index (χ3n) is 0.908. The van der Waals surface area contributed by atoms with Gasteiger partial charge in [0, 0.05) is 5.57 Å². The molecule has 1 rings (SSSR count). The molecular formula is C4H4NO2-. The van der Waals surface area contributed by atoms with E-state index in [0.29, 0.717) is 5.57 Å². The van der Waals surface area contributed by atoms with Crippen molar-refractivity contribution in [2.45, 2.75) is 6.92 Å². The van der Waals surface area contributed by atoms with Crippen LogP contribution in [0.4, 0.5) is 0 Å². The number of hydrogen-bond acceptors (Lipinski definition) is 2. The van der Waals surface area contributed by atoms with Crippen molar-refractivity contribution in [2.24, 2.45) is 0 Å². The van der Waals surface area contributed by atoms with Crippen molar-refractivity contribution >= 4 is 5.91 Å². The third kappa shape index (κ3) is 0.374. The Morgan fingerprint density at radius 3 is 2.29 bits per heavy atom. The molecule has 0 atom stereocenters. The molecule has 1 aliphatic heterocycles. The van der Waals surface area contributed by atoms with Crippen molar-refractivity contribution in [3.05, 3.63) is 11.5 Å². The highest BCUT2D eigenvalue weighted by Crippen LogP contribution is 2.03. The lowest BCUT2D eigenvalue weighted by Gasteiger charge is -2.25. The lowest BCUT2D eigenvalue weighted by Crippen LogP contribution is -2.42. The van der Waals surface area contributed by atoms with Crippen LogP contribution in [-0.4, -0.2) is 5.91 Å². The van der Waals surface area contributed by atoms with E-state index in [4.69, 9.17) is 0 Å². The number of nitrogens with one attached hydrogen (secondary N) is 1. The Hall–Kier alpha value is -0.990. The van der Waals surface area contributed by atoms with Gasteiger partial charge < -0.3 is 10.4 Å². The summed E-state index contributed by atoms with van der Waals surface area (Å²) in [4.78, 5) is 10.1. The molecule has 0 aliphatic carbocycles. The monoisotopic (exact) mass is 98.0 g/mol. The molecule has 0 aromatic heterocycles. The molecule has 1 N–H and O–H groups in total. The fraction of sp³-hybridized carbons (Fsp3) is 0.250. The van der Waals surface area contributed by atoms with Crippen LogP contribution in [0.25, 0.3) is 0 Å². The van der Waals surface area contributed by atoms with E-state index in [-0.39, 0.29) is 11.8 Å². The number of carbonyl (C=O) groups excluding carboxylic acids is 1. The van der Waals surface area contributed by atoms with Gasteiger partial charge in [-0.1, -0.05) is 0 Å². The van der Waals surface area contributed by atoms with Crippen molar-refractivity contribution in [1.29, 1.82) is 0 Å². The molecule has 0 bridgehead atoms. The van der Waals surface area contributed by atoms with Crippen molar-refractivity contribution < 1.29 is 9.90 Å². The SMILES string of the molecule is CC1=C([O-])NC1=O. The van der Waals surface area contributed by atoms with E-state index in [0.717, 1.165) is 0 Å². The zero-order valence-corrected chi connectivity index (χ0v) is 3.82. The Morgan fingerprint density at radius 1 is 1.71 bits per heavy atom. The average molecular weight is 98.1 g/mol. The average Bonchev–Trinajstić information content (AvgIpc) is 1.68. The Kier molecular flexibility index (Phi) is 0.592. The standard InChI is InChI=1S/C4H5NO2/c1-2-3(6)5-4(2)7/h1H3,(H2,5,6,7)/p-1. The molecule has 0 saturated carbocycles. The van der Waals surface area contributed by atoms with Crippen LogP contribution in [0.15, 0.2) is 11.5 Å². The highest BCUT2D eigenvalue weighted by Gasteiger charge is 2.12. The van der Waals surface area contributed by atoms with Gasteiger partial charge in [-0.05, 0) is 12.8 Å². The number of rotatable bonds is 0. The van der Waals surface area contributed by atoms with Crippen LogP contribution in [0.5, 0.6) is 0 Å². The van der Waals surface area contributed by atoms with Crippen LogP contribution in [0, 0.1) is 0 Å². The predicted octanol–water partition coefficient (Wildman–Crippen LogP) is -1.29. The highest BCUT2D eigenvalue weighted by atomic mass is 16.3. The van der Waals surface area contributed by atoms with Gasteiger partial charge in [-0.3, -0.25) is 4.79 Å². The molecule has 1 amide bonds. The largest absolute Gasteiger partial charge is 0.860 e. The Balaban J connectivity index is 2.85. The van der Waals surface area contributed by atoms with E-state index in [1.807, 2.05) is 5.32 Å². The van der Waals surface area contributed by atoms with Crippen molar-refractivity contribution in [3.8, 4) is 0 Å². The lowest BCUT2D eigenvalue weighted by molar-refractivity contribution is -0.316. The van der Waals surface area contributed by atoms with Crippen LogP contribution >= 0.6 is 0 Å². The fourth-order valence-electron chi connectivity index (χ4n) is 0.331. The van der Waals surface area contributed by atoms with Gasteiger partial charge in [-0.25, -0.2) is 0 Å². The van der Waals surface area contributed by atoms with Gasteiger partial charge in [-0.2, -0.15) is 0 Å². The van der Waals surface area contributed by atoms with E-state index in [1.54, 1.807) is 0 Å². The van der Waals surface area contributed by atoms with E-state index >= 15 is 0 Å². The number of hydrogen-bond donors (Lipinski definition) is 1. The predicted molar refractivity (Wildman–Crippen MR) is 20.8 cm³/mol. The lowest BCUT2D eigenvalue weighted by atomic mass is 10.2. The minimum absolute atomic E-state index is 0.245. The molecule has 0 aromatic carbocycles. The van der Waals surface area contributed by atoms with Gasteiger partial charge in [0.1, 0.15) is 0 Å². The first-order valence-corrected chi connectivity index (χ1v) is 1.91. The zero-order chi connectivity index (χ0) is 5.44. The molecule has 7 heavy (non-hydrogen) atoms. The summed E-state index contributed by atoms with van der Waals surface area (Å²) < 4.78 is 0. The molecule has 3 nitrogen and oxygen atoms in total.